The van der Waals surface area contributed by atoms with E-state index in [9.17, 15) is 0 Å². The molecule has 0 radical (unpaired) electrons. The summed E-state index contributed by atoms with van der Waals surface area (Å²) < 4.78 is 1.40. The molecule has 0 atom stereocenters. The summed E-state index contributed by atoms with van der Waals surface area (Å²) in [5, 5.41) is 0. The third kappa shape index (κ3) is 2.33. The van der Waals surface area contributed by atoms with Crippen LogP contribution in [0.2, 0.25) is 0 Å². The molecule has 0 N–H and O–H groups in total. The van der Waals surface area contributed by atoms with Gasteiger partial charge in [0.2, 0.25) is 0 Å². The van der Waals surface area contributed by atoms with E-state index in [1.54, 1.807) is 11.1 Å². The molecule has 0 spiro atoms. The molecule has 1 heteroatoms. The van der Waals surface area contributed by atoms with E-state index in [2.05, 4.69) is 53.0 Å². The molecule has 0 amide bonds. The van der Waals surface area contributed by atoms with Crippen molar-refractivity contribution >= 4 is 22.6 Å². The average Bonchev–Trinajstić information content (AvgIpc) is 2.19. The smallest absolute Gasteiger partial charge is 0.00929 e. The second-order valence-corrected chi connectivity index (χ2v) is 4.70. The molecule has 0 aromatic heterocycles. The molecule has 13 heavy (non-hydrogen) atoms. The van der Waals surface area contributed by atoms with Gasteiger partial charge in [-0.15, -0.1) is 0 Å². The van der Waals surface area contributed by atoms with Crippen molar-refractivity contribution in [3.8, 4) is 0 Å². The van der Waals surface area contributed by atoms with Crippen LogP contribution in [-0.2, 0) is 0 Å². The lowest BCUT2D eigenvalue weighted by atomic mass is 9.92. The first-order valence-corrected chi connectivity index (χ1v) is 5.86. The van der Waals surface area contributed by atoms with Crippen molar-refractivity contribution in [1.29, 1.82) is 0 Å². The highest BCUT2D eigenvalue weighted by Crippen LogP contribution is 2.30. The van der Waals surface area contributed by atoms with Crippen LogP contribution in [0, 0.1) is 0 Å². The van der Waals surface area contributed by atoms with Crippen LogP contribution in [0.5, 0.6) is 0 Å². The van der Waals surface area contributed by atoms with Gasteiger partial charge in [-0.1, -0.05) is 24.3 Å². The Balaban J connectivity index is 2.20. The number of allylic oxidation sites excluding steroid dienone is 8. The number of hydrogen-bond donors (Lipinski definition) is 0. The topological polar surface area (TPSA) is 0 Å². The lowest BCUT2D eigenvalue weighted by Crippen LogP contribution is -1.96. The van der Waals surface area contributed by atoms with Gasteiger partial charge in [-0.25, -0.2) is 0 Å². The summed E-state index contributed by atoms with van der Waals surface area (Å²) in [6.07, 6.45) is 16.2. The molecule has 0 heterocycles. The Bertz CT molecular complexity index is 316. The van der Waals surface area contributed by atoms with Crippen LogP contribution in [0.3, 0.4) is 0 Å². The molecular weight excluding hydrogens is 271 g/mol. The summed E-state index contributed by atoms with van der Waals surface area (Å²) in [4.78, 5) is 0. The summed E-state index contributed by atoms with van der Waals surface area (Å²) in [5.74, 6) is 0. The van der Waals surface area contributed by atoms with Gasteiger partial charge in [0.1, 0.15) is 0 Å². The molecule has 0 bridgehead atoms. The van der Waals surface area contributed by atoms with Gasteiger partial charge in [-0.05, 0) is 65.5 Å². The van der Waals surface area contributed by atoms with Crippen LogP contribution < -0.4 is 0 Å². The minimum Gasteiger partial charge on any atom is -0.0842 e. The fraction of sp³-hybridized carbons (Fsp3) is 0.333. The predicted octanol–water partition coefficient (Wildman–Crippen LogP) is 4.30. The largest absolute Gasteiger partial charge is 0.0842 e. The Kier molecular flexibility index (Phi) is 3.04. The van der Waals surface area contributed by atoms with E-state index < -0.39 is 0 Å². The van der Waals surface area contributed by atoms with E-state index in [1.165, 1.54) is 29.3 Å². The molecule has 0 unspecified atom stereocenters. The maximum Gasteiger partial charge on any atom is 0.00929 e. The quantitative estimate of drug-likeness (QED) is 0.630. The number of hydrogen-bond acceptors (Lipinski definition) is 0. The van der Waals surface area contributed by atoms with Crippen LogP contribution in [0.1, 0.15) is 25.7 Å². The molecule has 2 aliphatic rings. The van der Waals surface area contributed by atoms with Crippen LogP contribution in [-0.4, -0.2) is 0 Å². The normalized spacial score (nSPS) is 22.1. The highest BCUT2D eigenvalue weighted by molar-refractivity contribution is 14.1. The fourth-order valence-electron chi connectivity index (χ4n) is 1.79. The molecular formula is C12H13I. The van der Waals surface area contributed by atoms with Crippen LogP contribution in [0.25, 0.3) is 0 Å². The maximum absolute atomic E-state index is 2.41. The fourth-order valence-corrected chi connectivity index (χ4v) is 2.47. The van der Waals surface area contributed by atoms with Crippen molar-refractivity contribution in [1.82, 2.24) is 0 Å². The molecule has 0 aromatic carbocycles. The van der Waals surface area contributed by atoms with Gasteiger partial charge < -0.3 is 0 Å². The summed E-state index contributed by atoms with van der Waals surface area (Å²) >= 11 is 2.41. The monoisotopic (exact) mass is 284 g/mol. The molecule has 0 fully saturated rings. The van der Waals surface area contributed by atoms with E-state index in [4.69, 9.17) is 0 Å². The first-order chi connectivity index (χ1) is 6.36. The summed E-state index contributed by atoms with van der Waals surface area (Å²) in [5.41, 5.74) is 3.10. The van der Waals surface area contributed by atoms with Crippen molar-refractivity contribution in [3.05, 3.63) is 45.1 Å². The van der Waals surface area contributed by atoms with Crippen LogP contribution in [0.15, 0.2) is 45.1 Å². The summed E-state index contributed by atoms with van der Waals surface area (Å²) in [7, 11) is 0. The summed E-state index contributed by atoms with van der Waals surface area (Å²) in [6, 6.07) is 0. The van der Waals surface area contributed by atoms with Gasteiger partial charge in [0.05, 0.1) is 0 Å². The van der Waals surface area contributed by atoms with Crippen LogP contribution >= 0.6 is 22.6 Å². The van der Waals surface area contributed by atoms with E-state index in [0.717, 1.165) is 0 Å². The van der Waals surface area contributed by atoms with E-state index >= 15 is 0 Å². The van der Waals surface area contributed by atoms with E-state index in [0.29, 0.717) is 0 Å². The second kappa shape index (κ2) is 4.27. The van der Waals surface area contributed by atoms with Crippen LogP contribution in [0.4, 0.5) is 0 Å². The first kappa shape index (κ1) is 9.25. The minimum atomic E-state index is 1.21. The lowest BCUT2D eigenvalue weighted by Gasteiger charge is -2.15. The highest BCUT2D eigenvalue weighted by atomic mass is 127. The molecule has 68 valence electrons. The van der Waals surface area contributed by atoms with Crippen molar-refractivity contribution in [2.75, 3.05) is 0 Å². The van der Waals surface area contributed by atoms with Crippen molar-refractivity contribution in [3.63, 3.8) is 0 Å². The average molecular weight is 284 g/mol. The Morgan fingerprint density at radius 2 is 1.92 bits per heavy atom. The van der Waals surface area contributed by atoms with Gasteiger partial charge in [0.25, 0.3) is 0 Å². The zero-order valence-electron chi connectivity index (χ0n) is 7.59. The Hall–Kier alpha value is -0.310. The highest BCUT2D eigenvalue weighted by Gasteiger charge is 2.09. The molecule has 0 aromatic rings. The number of halogens is 1. The molecule has 2 rings (SSSR count). The van der Waals surface area contributed by atoms with Crippen molar-refractivity contribution in [2.24, 2.45) is 0 Å². The summed E-state index contributed by atoms with van der Waals surface area (Å²) in [6.45, 7) is 0. The van der Waals surface area contributed by atoms with Crippen molar-refractivity contribution < 1.29 is 0 Å². The Morgan fingerprint density at radius 1 is 1.08 bits per heavy atom. The van der Waals surface area contributed by atoms with Gasteiger partial charge >= 0.3 is 0 Å². The van der Waals surface area contributed by atoms with Gasteiger partial charge in [-0.2, -0.15) is 0 Å². The Morgan fingerprint density at radius 3 is 2.62 bits per heavy atom. The Labute approximate surface area is 93.2 Å². The third-order valence-electron chi connectivity index (χ3n) is 2.49. The zero-order chi connectivity index (χ0) is 9.10. The predicted molar refractivity (Wildman–Crippen MR) is 65.9 cm³/mol. The molecule has 2 aliphatic carbocycles. The van der Waals surface area contributed by atoms with Crippen molar-refractivity contribution in [2.45, 2.75) is 25.7 Å². The SMILES string of the molecule is IC1=CCCC(C2=CC=CCC2)=C1. The first-order valence-electron chi connectivity index (χ1n) is 4.78. The third-order valence-corrected chi connectivity index (χ3v) is 3.24. The number of rotatable bonds is 1. The maximum atomic E-state index is 2.41. The standard InChI is InChI=1S/C12H13I/c13-12-8-4-7-11(9-12)10-5-2-1-3-6-10/h1-2,5,8-9H,3-4,6-7H2. The molecule has 0 saturated heterocycles. The zero-order valence-corrected chi connectivity index (χ0v) is 9.75. The lowest BCUT2D eigenvalue weighted by molar-refractivity contribution is 0.897. The second-order valence-electron chi connectivity index (χ2n) is 3.46. The molecule has 0 nitrogen and oxygen atoms in total. The molecule has 0 aliphatic heterocycles. The van der Waals surface area contributed by atoms with Gasteiger partial charge in [0, 0.05) is 3.58 Å². The van der Waals surface area contributed by atoms with E-state index in [-0.39, 0.29) is 0 Å². The van der Waals surface area contributed by atoms with Gasteiger partial charge in [-0.3, -0.25) is 0 Å². The molecule has 0 saturated carbocycles. The van der Waals surface area contributed by atoms with Gasteiger partial charge in [0.15, 0.2) is 0 Å². The van der Waals surface area contributed by atoms with E-state index in [1.807, 2.05) is 0 Å². The minimum absolute atomic E-state index is 1.21.